The fourth-order valence-corrected chi connectivity index (χ4v) is 3.05. The molecule has 0 aliphatic heterocycles. The average Bonchev–Trinajstić information content (AvgIpc) is 2.91. The van der Waals surface area contributed by atoms with Crippen molar-refractivity contribution >= 4 is 0 Å². The van der Waals surface area contributed by atoms with Gasteiger partial charge < -0.3 is 4.98 Å². The van der Waals surface area contributed by atoms with E-state index in [9.17, 15) is 0 Å². The number of nitrogens with one attached hydrogen (secondary N) is 1. The first-order valence-corrected chi connectivity index (χ1v) is 9.72. The molecule has 0 radical (unpaired) electrons. The van der Waals surface area contributed by atoms with Crippen LogP contribution in [0.25, 0.3) is 0 Å². The van der Waals surface area contributed by atoms with Crippen molar-refractivity contribution in [1.82, 2.24) is 9.97 Å². The predicted molar refractivity (Wildman–Crippen MR) is 102 cm³/mol. The first kappa shape index (κ1) is 20.3. The highest BCUT2D eigenvalue weighted by Crippen LogP contribution is 2.37. The molecule has 2 atom stereocenters. The lowest BCUT2D eigenvalue weighted by molar-refractivity contribution is 0.424. The van der Waals surface area contributed by atoms with Crippen molar-refractivity contribution in [3.8, 4) is 0 Å². The second-order valence-electron chi connectivity index (χ2n) is 8.79. The molecule has 1 rings (SSSR count). The number of nitrogens with zero attached hydrogens (tertiary/aromatic N) is 1. The predicted octanol–water partition coefficient (Wildman–Crippen LogP) is 6.79. The molecule has 2 unspecified atom stereocenters. The summed E-state index contributed by atoms with van der Waals surface area (Å²) in [4.78, 5) is 8.86. The molecule has 1 aromatic heterocycles. The third-order valence-corrected chi connectivity index (χ3v) is 5.68. The monoisotopic (exact) mass is 320 g/mol. The van der Waals surface area contributed by atoms with E-state index < -0.39 is 0 Å². The van der Waals surface area contributed by atoms with Crippen molar-refractivity contribution in [2.45, 2.75) is 105 Å². The third kappa shape index (κ3) is 5.09. The van der Waals surface area contributed by atoms with Crippen molar-refractivity contribution in [1.29, 1.82) is 0 Å². The van der Waals surface area contributed by atoms with Crippen molar-refractivity contribution in [2.24, 2.45) is 11.8 Å². The molecule has 0 aliphatic carbocycles. The molecule has 2 heteroatoms. The van der Waals surface area contributed by atoms with Gasteiger partial charge in [-0.3, -0.25) is 0 Å². The number of hydrogen-bond acceptors (Lipinski definition) is 1. The van der Waals surface area contributed by atoms with Crippen LogP contribution in [-0.4, -0.2) is 9.97 Å². The minimum absolute atomic E-state index is 0.152. The van der Waals surface area contributed by atoms with Crippen molar-refractivity contribution < 1.29 is 0 Å². The molecule has 2 nitrogen and oxygen atoms in total. The number of rotatable bonds is 9. The van der Waals surface area contributed by atoms with Gasteiger partial charge in [0.05, 0.1) is 5.69 Å². The van der Waals surface area contributed by atoms with Gasteiger partial charge >= 0.3 is 0 Å². The lowest BCUT2D eigenvalue weighted by Crippen LogP contribution is -2.21. The van der Waals surface area contributed by atoms with Crippen LogP contribution in [-0.2, 0) is 5.41 Å². The Morgan fingerprint density at radius 3 is 1.96 bits per heavy atom. The fourth-order valence-electron chi connectivity index (χ4n) is 3.05. The number of H-pyrrole nitrogens is 1. The molecule has 0 saturated carbocycles. The minimum Gasteiger partial charge on any atom is -0.345 e. The quantitative estimate of drug-likeness (QED) is 0.499. The molecule has 1 heterocycles. The summed E-state index contributed by atoms with van der Waals surface area (Å²) in [5.74, 6) is 3.42. The van der Waals surface area contributed by atoms with E-state index in [-0.39, 0.29) is 5.41 Å². The summed E-state index contributed by atoms with van der Waals surface area (Å²) in [6.07, 6.45) is 5.11. The van der Waals surface area contributed by atoms with Crippen LogP contribution < -0.4 is 0 Å². The zero-order valence-corrected chi connectivity index (χ0v) is 17.1. The molecular formula is C21H40N2. The van der Waals surface area contributed by atoms with E-state index in [2.05, 4.69) is 67.3 Å². The van der Waals surface area contributed by atoms with Crippen molar-refractivity contribution in [2.75, 3.05) is 0 Å². The second kappa shape index (κ2) is 8.35. The Morgan fingerprint density at radius 1 is 0.913 bits per heavy atom. The molecule has 0 bridgehead atoms. The average molecular weight is 321 g/mol. The van der Waals surface area contributed by atoms with Gasteiger partial charge in [0, 0.05) is 22.9 Å². The standard InChI is InChI=1S/C21H40N2/c1-10-11-12-13-21(8,9)19-18(16(6)14(2)3)22-20(23-19)17(7)15(4)5/h14-17H,10-13H2,1-9H3,(H,22,23). The van der Waals surface area contributed by atoms with E-state index in [1.807, 2.05) is 0 Å². The zero-order chi connectivity index (χ0) is 17.8. The van der Waals surface area contributed by atoms with Gasteiger partial charge in [-0.1, -0.05) is 81.6 Å². The van der Waals surface area contributed by atoms with E-state index in [0.29, 0.717) is 23.7 Å². The second-order valence-corrected chi connectivity index (χ2v) is 8.79. The maximum atomic E-state index is 5.13. The number of imidazole rings is 1. The van der Waals surface area contributed by atoms with Crippen LogP contribution in [0, 0.1) is 11.8 Å². The summed E-state index contributed by atoms with van der Waals surface area (Å²) in [7, 11) is 0. The summed E-state index contributed by atoms with van der Waals surface area (Å²) >= 11 is 0. The highest BCUT2D eigenvalue weighted by atomic mass is 15.0. The van der Waals surface area contributed by atoms with Crippen LogP contribution in [0.3, 0.4) is 0 Å². The molecule has 23 heavy (non-hydrogen) atoms. The van der Waals surface area contributed by atoms with Gasteiger partial charge in [-0.25, -0.2) is 4.98 Å². The normalized spacial score (nSPS) is 15.4. The van der Waals surface area contributed by atoms with Gasteiger partial charge in [-0.15, -0.1) is 0 Å². The van der Waals surface area contributed by atoms with Crippen molar-refractivity contribution in [3.63, 3.8) is 0 Å². The van der Waals surface area contributed by atoms with Crippen LogP contribution in [0.4, 0.5) is 0 Å². The molecular weight excluding hydrogens is 280 g/mol. The van der Waals surface area contributed by atoms with E-state index >= 15 is 0 Å². The maximum Gasteiger partial charge on any atom is 0.109 e. The van der Waals surface area contributed by atoms with Gasteiger partial charge in [0.25, 0.3) is 0 Å². The number of aromatic amines is 1. The van der Waals surface area contributed by atoms with E-state index in [1.165, 1.54) is 42.9 Å². The largest absolute Gasteiger partial charge is 0.345 e. The lowest BCUT2D eigenvalue weighted by atomic mass is 9.79. The van der Waals surface area contributed by atoms with Crippen LogP contribution in [0.2, 0.25) is 0 Å². The number of unbranched alkanes of at least 4 members (excludes halogenated alkanes) is 2. The summed E-state index contributed by atoms with van der Waals surface area (Å²) < 4.78 is 0. The topological polar surface area (TPSA) is 28.7 Å². The van der Waals surface area contributed by atoms with Crippen LogP contribution >= 0.6 is 0 Å². The summed E-state index contributed by atoms with van der Waals surface area (Å²) in [6, 6.07) is 0. The first-order chi connectivity index (χ1) is 10.6. The molecule has 0 aliphatic rings. The van der Waals surface area contributed by atoms with Gasteiger partial charge in [-0.05, 0) is 18.3 Å². The van der Waals surface area contributed by atoms with E-state index in [1.54, 1.807) is 0 Å². The number of hydrogen-bond donors (Lipinski definition) is 1. The van der Waals surface area contributed by atoms with Gasteiger partial charge in [-0.2, -0.15) is 0 Å². The molecule has 0 fully saturated rings. The Bertz CT molecular complexity index is 468. The Labute approximate surface area is 144 Å². The van der Waals surface area contributed by atoms with Crippen LogP contribution in [0.1, 0.15) is 117 Å². The molecule has 0 amide bonds. The lowest BCUT2D eigenvalue weighted by Gasteiger charge is -2.26. The molecule has 0 spiro atoms. The summed E-state index contributed by atoms with van der Waals surface area (Å²) in [5.41, 5.74) is 2.85. The molecule has 0 saturated heterocycles. The van der Waals surface area contributed by atoms with Gasteiger partial charge in [0.15, 0.2) is 0 Å². The summed E-state index contributed by atoms with van der Waals surface area (Å²) in [5, 5.41) is 0. The number of aromatic nitrogens is 2. The first-order valence-electron chi connectivity index (χ1n) is 9.72. The minimum atomic E-state index is 0.152. The molecule has 1 aromatic rings. The van der Waals surface area contributed by atoms with Crippen molar-refractivity contribution in [3.05, 3.63) is 17.2 Å². The highest BCUT2D eigenvalue weighted by molar-refractivity contribution is 5.27. The molecule has 134 valence electrons. The fraction of sp³-hybridized carbons (Fsp3) is 0.857. The smallest absolute Gasteiger partial charge is 0.109 e. The van der Waals surface area contributed by atoms with Gasteiger partial charge in [0.2, 0.25) is 0 Å². The van der Waals surface area contributed by atoms with Gasteiger partial charge in [0.1, 0.15) is 5.82 Å². The zero-order valence-electron chi connectivity index (χ0n) is 17.1. The Kier molecular flexibility index (Phi) is 7.35. The Balaban J connectivity index is 3.21. The van der Waals surface area contributed by atoms with E-state index in [0.717, 1.165) is 0 Å². The van der Waals surface area contributed by atoms with Crippen LogP contribution in [0.15, 0.2) is 0 Å². The Morgan fingerprint density at radius 2 is 1.48 bits per heavy atom. The SMILES string of the molecule is CCCCCC(C)(C)c1nc(C(C)C(C)C)[nH]c1C(C)C(C)C. The maximum absolute atomic E-state index is 5.13. The van der Waals surface area contributed by atoms with Crippen LogP contribution in [0.5, 0.6) is 0 Å². The highest BCUT2D eigenvalue weighted by Gasteiger charge is 2.31. The van der Waals surface area contributed by atoms with E-state index in [4.69, 9.17) is 4.98 Å². The molecule has 0 aromatic carbocycles. The molecule has 1 N–H and O–H groups in total. The summed E-state index contributed by atoms with van der Waals surface area (Å²) in [6.45, 7) is 20.8. The third-order valence-electron chi connectivity index (χ3n) is 5.68. The Hall–Kier alpha value is -0.790.